The van der Waals surface area contributed by atoms with Crippen molar-refractivity contribution in [2.24, 2.45) is 0 Å². The van der Waals surface area contributed by atoms with Gasteiger partial charge >= 0.3 is 0 Å². The number of rotatable bonds is 50. The largest absolute Gasteiger partial charge is 0.394 e. The molecule has 1 amide bonds. The zero-order valence-corrected chi connectivity index (χ0v) is 48.0. The van der Waals surface area contributed by atoms with Gasteiger partial charge in [-0.05, 0) is 44.9 Å². The average Bonchev–Trinajstić information content (AvgIpc) is 3.42. The highest BCUT2D eigenvalue weighted by atomic mass is 16.7. The number of amides is 1. The van der Waals surface area contributed by atoms with Gasteiger partial charge in [0.15, 0.2) is 12.6 Å². The minimum absolute atomic E-state index is 0.252. The number of allylic oxidation sites excluding steroid dienone is 5. The lowest BCUT2D eigenvalue weighted by molar-refractivity contribution is -0.359. The van der Waals surface area contributed by atoms with Crippen LogP contribution >= 0.6 is 0 Å². The normalized spacial score (nSPS) is 25.1. The van der Waals surface area contributed by atoms with E-state index >= 15 is 0 Å². The second kappa shape index (κ2) is 48.0. The summed E-state index contributed by atoms with van der Waals surface area (Å²) < 4.78 is 22.7. The molecular weight excluding hydrogens is 967 g/mol. The first-order valence-electron chi connectivity index (χ1n) is 31.2. The summed E-state index contributed by atoms with van der Waals surface area (Å²) in [6.45, 7) is 2.79. The van der Waals surface area contributed by atoms with E-state index in [9.17, 15) is 45.6 Å². The first kappa shape index (κ1) is 70.3. The highest BCUT2D eigenvalue weighted by molar-refractivity contribution is 5.76. The first-order chi connectivity index (χ1) is 37.1. The molecule has 2 saturated heterocycles. The van der Waals surface area contributed by atoms with Crippen molar-refractivity contribution in [3.05, 3.63) is 36.5 Å². The van der Waals surface area contributed by atoms with Crippen LogP contribution in [0.25, 0.3) is 0 Å². The van der Waals surface area contributed by atoms with E-state index in [2.05, 4.69) is 43.5 Å². The predicted octanol–water partition coefficient (Wildman–Crippen LogP) is 11.0. The molecule has 14 nitrogen and oxygen atoms in total. The molecule has 12 atom stereocenters. The van der Waals surface area contributed by atoms with E-state index in [1.165, 1.54) is 180 Å². The van der Waals surface area contributed by atoms with Crippen LogP contribution in [0, 0.1) is 0 Å². The Kier molecular flexibility index (Phi) is 44.4. The predicted molar refractivity (Wildman–Crippen MR) is 305 cm³/mol. The third kappa shape index (κ3) is 33.1. The Morgan fingerprint density at radius 2 is 0.842 bits per heavy atom. The van der Waals surface area contributed by atoms with Gasteiger partial charge in [-0.1, -0.05) is 243 Å². The van der Waals surface area contributed by atoms with Gasteiger partial charge in [0, 0.05) is 6.42 Å². The van der Waals surface area contributed by atoms with Crippen molar-refractivity contribution >= 4 is 5.91 Å². The van der Waals surface area contributed by atoms with E-state index in [1.54, 1.807) is 6.08 Å². The molecule has 0 spiro atoms. The number of nitrogens with one attached hydrogen (secondary N) is 1. The molecule has 14 heteroatoms. The van der Waals surface area contributed by atoms with Crippen molar-refractivity contribution in [2.75, 3.05) is 19.8 Å². The van der Waals surface area contributed by atoms with E-state index in [0.717, 1.165) is 44.9 Å². The Bertz CT molecular complexity index is 1410. The monoisotopic (exact) mass is 1080 g/mol. The van der Waals surface area contributed by atoms with Crippen molar-refractivity contribution in [1.82, 2.24) is 5.32 Å². The average molecular weight is 1080 g/mol. The molecule has 9 N–H and O–H groups in total. The highest BCUT2D eigenvalue weighted by Gasteiger charge is 2.51. The van der Waals surface area contributed by atoms with Gasteiger partial charge in [-0.2, -0.15) is 0 Å². The maximum Gasteiger partial charge on any atom is 0.220 e. The lowest BCUT2D eigenvalue weighted by Gasteiger charge is -2.46. The number of carbonyl (C=O) groups excluding carboxylic acids is 1. The summed E-state index contributed by atoms with van der Waals surface area (Å²) in [4.78, 5) is 13.2. The number of hydrogen-bond acceptors (Lipinski definition) is 13. The topological polar surface area (TPSA) is 228 Å². The number of aliphatic hydroxyl groups excluding tert-OH is 8. The molecular formula is C62H115NO13. The summed E-state index contributed by atoms with van der Waals surface area (Å²) in [6, 6.07) is -0.935. The van der Waals surface area contributed by atoms with Crippen LogP contribution in [0.3, 0.4) is 0 Å². The SMILES string of the molecule is CCCCCCCCCCCCCCCCCCCCC/C=C/CC/C=C/CC/C=C/C(O)C(COC1OC(CO)C(OC2OC(CO)C(O)C(O)C2O)C(O)C1O)NC(=O)CCCCCCCCCCCCCCC. The van der Waals surface area contributed by atoms with E-state index in [4.69, 9.17) is 18.9 Å². The second-order valence-corrected chi connectivity index (χ2v) is 22.2. The Hall–Kier alpha value is -1.79. The highest BCUT2D eigenvalue weighted by Crippen LogP contribution is 2.30. The molecule has 0 aromatic heterocycles. The van der Waals surface area contributed by atoms with Crippen molar-refractivity contribution in [2.45, 2.75) is 331 Å². The van der Waals surface area contributed by atoms with Gasteiger partial charge in [-0.25, -0.2) is 0 Å². The van der Waals surface area contributed by atoms with E-state index < -0.39 is 86.8 Å². The molecule has 0 saturated carbocycles. The lowest BCUT2D eigenvalue weighted by Crippen LogP contribution is -2.65. The number of ether oxygens (including phenoxy) is 4. The summed E-state index contributed by atoms with van der Waals surface area (Å²) in [5.74, 6) is -0.252. The van der Waals surface area contributed by atoms with Crippen molar-refractivity contribution in [3.8, 4) is 0 Å². The molecule has 2 aliphatic rings. The van der Waals surface area contributed by atoms with Crippen molar-refractivity contribution in [1.29, 1.82) is 0 Å². The fraction of sp³-hybridized carbons (Fsp3) is 0.887. The fourth-order valence-electron chi connectivity index (χ4n) is 10.3. The van der Waals surface area contributed by atoms with Gasteiger partial charge in [0.2, 0.25) is 5.91 Å². The van der Waals surface area contributed by atoms with Crippen LogP contribution in [-0.2, 0) is 23.7 Å². The summed E-state index contributed by atoms with van der Waals surface area (Å²) >= 11 is 0. The number of unbranched alkanes of at least 4 members (excludes halogenated alkanes) is 33. The van der Waals surface area contributed by atoms with E-state index in [1.807, 2.05) is 6.08 Å². The minimum Gasteiger partial charge on any atom is -0.394 e. The Balaban J connectivity index is 1.72. The van der Waals surface area contributed by atoms with Gasteiger partial charge in [-0.3, -0.25) is 4.79 Å². The van der Waals surface area contributed by atoms with Crippen LogP contribution in [0.2, 0.25) is 0 Å². The molecule has 76 heavy (non-hydrogen) atoms. The van der Waals surface area contributed by atoms with Crippen LogP contribution in [0.4, 0.5) is 0 Å². The molecule has 0 aliphatic carbocycles. The quantitative estimate of drug-likeness (QED) is 0.0204. The van der Waals surface area contributed by atoms with Crippen LogP contribution in [-0.4, -0.2) is 140 Å². The van der Waals surface area contributed by atoms with Gasteiger partial charge in [0.1, 0.15) is 48.8 Å². The van der Waals surface area contributed by atoms with Crippen LogP contribution in [0.5, 0.6) is 0 Å². The molecule has 0 aromatic carbocycles. The first-order valence-corrected chi connectivity index (χ1v) is 31.2. The Labute approximate surface area is 461 Å². The summed E-state index contributed by atoms with van der Waals surface area (Å²) in [5.41, 5.74) is 0. The summed E-state index contributed by atoms with van der Waals surface area (Å²) in [5, 5.41) is 87.0. The Morgan fingerprint density at radius 3 is 1.29 bits per heavy atom. The van der Waals surface area contributed by atoms with E-state index in [0.29, 0.717) is 12.8 Å². The van der Waals surface area contributed by atoms with Gasteiger partial charge in [0.25, 0.3) is 0 Å². The molecule has 0 aromatic rings. The Morgan fingerprint density at radius 1 is 0.461 bits per heavy atom. The smallest absolute Gasteiger partial charge is 0.220 e. The van der Waals surface area contributed by atoms with Gasteiger partial charge < -0.3 is 65.1 Å². The zero-order valence-electron chi connectivity index (χ0n) is 48.0. The molecule has 2 fully saturated rings. The molecule has 2 heterocycles. The van der Waals surface area contributed by atoms with Gasteiger partial charge in [0.05, 0.1) is 32.0 Å². The van der Waals surface area contributed by atoms with Crippen molar-refractivity contribution < 1.29 is 64.6 Å². The standard InChI is InChI=1S/C62H115NO13/c1-3-5-7-9-11-13-15-17-18-19-20-21-22-23-24-25-26-27-28-29-30-31-32-34-35-37-39-41-43-45-51(66)50(63-54(67)46-44-42-40-38-36-33-16-14-12-10-8-6-4-2)49-73-61-59(72)57(70)60(53(48-65)75-61)76-62-58(71)56(69)55(68)52(47-64)74-62/h30-31,35,37,43,45,50-53,55-62,64-66,68-72H,3-29,32-34,36,38-42,44,46-49H2,1-2H3,(H,63,67)/b31-30+,37-35+,45-43+. The maximum atomic E-state index is 13.2. The molecule has 0 radical (unpaired) electrons. The summed E-state index contributed by atoms with van der Waals surface area (Å²) in [7, 11) is 0. The van der Waals surface area contributed by atoms with Crippen molar-refractivity contribution in [3.63, 3.8) is 0 Å². The van der Waals surface area contributed by atoms with Gasteiger partial charge in [-0.15, -0.1) is 0 Å². The number of hydrogen-bond donors (Lipinski definition) is 9. The molecule has 2 rings (SSSR count). The molecule has 0 bridgehead atoms. The fourth-order valence-corrected chi connectivity index (χ4v) is 10.3. The third-order valence-corrected chi connectivity index (χ3v) is 15.3. The third-order valence-electron chi connectivity index (χ3n) is 15.3. The zero-order chi connectivity index (χ0) is 55.3. The summed E-state index contributed by atoms with van der Waals surface area (Å²) in [6.07, 6.45) is 42.1. The number of aliphatic hydroxyl groups is 8. The van der Waals surface area contributed by atoms with E-state index in [-0.39, 0.29) is 18.9 Å². The van der Waals surface area contributed by atoms with Crippen LogP contribution in [0.1, 0.15) is 258 Å². The molecule has 12 unspecified atom stereocenters. The number of carbonyl (C=O) groups is 1. The lowest BCUT2D eigenvalue weighted by atomic mass is 9.97. The second-order valence-electron chi connectivity index (χ2n) is 22.2. The minimum atomic E-state index is -1.79. The van der Waals surface area contributed by atoms with Crippen LogP contribution < -0.4 is 5.32 Å². The van der Waals surface area contributed by atoms with Crippen LogP contribution in [0.15, 0.2) is 36.5 Å². The molecule has 446 valence electrons. The molecule has 2 aliphatic heterocycles. The maximum absolute atomic E-state index is 13.2.